The van der Waals surface area contributed by atoms with Crippen LogP contribution in [0.2, 0.25) is 0 Å². The number of aromatic nitrogens is 3. The Morgan fingerprint density at radius 2 is 2.04 bits per heavy atom. The Morgan fingerprint density at radius 3 is 2.81 bits per heavy atom. The first-order chi connectivity index (χ1) is 12.7. The second-order valence-corrected chi connectivity index (χ2v) is 7.56. The molecular formula is C18H18FN5OS. The minimum atomic E-state index is -0.280. The fourth-order valence-corrected chi connectivity index (χ4v) is 4.52. The molecule has 1 saturated heterocycles. The number of H-pyrrole nitrogens is 1. The number of hydrogen-bond donors (Lipinski definition) is 2. The first-order valence-electron chi connectivity index (χ1n) is 8.72. The SMILES string of the molecule is O=c1c2cnc3cc(N4CCNCC4)c(F)cc3c2[nH]n1C1=CSCC1. The molecule has 4 heterocycles. The maximum Gasteiger partial charge on any atom is 0.280 e. The van der Waals surface area contributed by atoms with E-state index >= 15 is 0 Å². The zero-order chi connectivity index (χ0) is 17.7. The predicted molar refractivity (Wildman–Crippen MR) is 104 cm³/mol. The first-order valence-corrected chi connectivity index (χ1v) is 9.77. The van der Waals surface area contributed by atoms with Crippen molar-refractivity contribution in [3.05, 3.63) is 39.9 Å². The smallest absolute Gasteiger partial charge is 0.280 e. The van der Waals surface area contributed by atoms with Gasteiger partial charge in [-0.2, -0.15) is 0 Å². The van der Waals surface area contributed by atoms with E-state index in [2.05, 4.69) is 15.4 Å². The Bertz CT molecular complexity index is 1100. The molecule has 0 spiro atoms. The van der Waals surface area contributed by atoms with Gasteiger partial charge in [-0.3, -0.25) is 14.9 Å². The molecule has 0 amide bonds. The Hall–Kier alpha value is -2.32. The highest BCUT2D eigenvalue weighted by atomic mass is 32.2. The number of nitrogens with zero attached hydrogens (tertiary/aromatic N) is 3. The standard InChI is InChI=1S/C18H18FN5OS/c19-14-7-12-15(8-16(14)23-4-2-20-3-5-23)21-9-13-17(12)22-24(18(13)25)11-1-6-26-10-11/h7-10,20,22H,1-6H2. The maximum atomic E-state index is 14.8. The number of aromatic amines is 1. The lowest BCUT2D eigenvalue weighted by Crippen LogP contribution is -2.43. The number of pyridine rings is 1. The number of anilines is 1. The van der Waals surface area contributed by atoms with Crippen molar-refractivity contribution < 1.29 is 4.39 Å². The Balaban J connectivity index is 1.69. The Labute approximate surface area is 153 Å². The van der Waals surface area contributed by atoms with Gasteiger partial charge in [0.05, 0.1) is 27.8 Å². The van der Waals surface area contributed by atoms with Crippen LogP contribution in [0.25, 0.3) is 27.5 Å². The molecule has 0 atom stereocenters. The number of piperazine rings is 1. The molecule has 0 radical (unpaired) electrons. The lowest BCUT2D eigenvalue weighted by atomic mass is 10.1. The van der Waals surface area contributed by atoms with E-state index in [4.69, 9.17) is 0 Å². The van der Waals surface area contributed by atoms with Crippen molar-refractivity contribution >= 4 is 45.0 Å². The second kappa shape index (κ2) is 6.14. The molecule has 2 N–H and O–H groups in total. The third kappa shape index (κ3) is 2.44. The highest BCUT2D eigenvalue weighted by Crippen LogP contribution is 2.30. The largest absolute Gasteiger partial charge is 0.367 e. The first kappa shape index (κ1) is 15.9. The van der Waals surface area contributed by atoms with E-state index in [1.807, 2.05) is 10.3 Å². The molecule has 5 rings (SSSR count). The van der Waals surface area contributed by atoms with Crippen LogP contribution in [0.1, 0.15) is 6.42 Å². The molecule has 134 valence electrons. The molecule has 2 aliphatic rings. The summed E-state index contributed by atoms with van der Waals surface area (Å²) in [6.07, 6.45) is 2.43. The van der Waals surface area contributed by atoms with E-state index in [-0.39, 0.29) is 11.4 Å². The quantitative estimate of drug-likeness (QED) is 0.724. The van der Waals surface area contributed by atoms with Crippen LogP contribution in [0, 0.1) is 5.82 Å². The molecule has 0 saturated carbocycles. The number of rotatable bonds is 2. The lowest BCUT2D eigenvalue weighted by molar-refractivity contribution is 0.567. The fourth-order valence-electron chi connectivity index (χ4n) is 3.66. The maximum absolute atomic E-state index is 14.8. The van der Waals surface area contributed by atoms with Crippen LogP contribution in [-0.2, 0) is 0 Å². The fraction of sp³-hybridized carbons (Fsp3) is 0.333. The number of nitrogens with one attached hydrogen (secondary N) is 2. The average Bonchev–Trinajstić information content (AvgIpc) is 3.30. The van der Waals surface area contributed by atoms with Gasteiger partial charge in [0, 0.05) is 43.5 Å². The van der Waals surface area contributed by atoms with E-state index in [1.54, 1.807) is 28.7 Å². The van der Waals surface area contributed by atoms with Crippen LogP contribution >= 0.6 is 11.8 Å². The third-order valence-electron chi connectivity index (χ3n) is 5.03. The number of halogens is 1. The molecule has 0 aliphatic carbocycles. The summed E-state index contributed by atoms with van der Waals surface area (Å²) in [6, 6.07) is 3.29. The van der Waals surface area contributed by atoms with Crippen LogP contribution in [0.3, 0.4) is 0 Å². The molecule has 2 aliphatic heterocycles. The van der Waals surface area contributed by atoms with Crippen LogP contribution in [0.4, 0.5) is 10.1 Å². The number of allylic oxidation sites excluding steroid dienone is 1. The topological polar surface area (TPSA) is 66.0 Å². The van der Waals surface area contributed by atoms with E-state index < -0.39 is 0 Å². The van der Waals surface area contributed by atoms with Crippen molar-refractivity contribution in [1.82, 2.24) is 20.1 Å². The summed E-state index contributed by atoms with van der Waals surface area (Å²) >= 11 is 1.69. The zero-order valence-corrected chi connectivity index (χ0v) is 14.9. The van der Waals surface area contributed by atoms with Gasteiger partial charge in [0.25, 0.3) is 5.56 Å². The highest BCUT2D eigenvalue weighted by molar-refractivity contribution is 8.02. The van der Waals surface area contributed by atoms with Gasteiger partial charge in [0.1, 0.15) is 5.82 Å². The number of hydrogen-bond acceptors (Lipinski definition) is 5. The van der Waals surface area contributed by atoms with Crippen LogP contribution in [0.15, 0.2) is 28.5 Å². The van der Waals surface area contributed by atoms with Crippen molar-refractivity contribution in [3.63, 3.8) is 0 Å². The molecule has 8 heteroatoms. The summed E-state index contributed by atoms with van der Waals surface area (Å²) in [5, 5.41) is 9.56. The summed E-state index contributed by atoms with van der Waals surface area (Å²) < 4.78 is 16.4. The predicted octanol–water partition coefficient (Wildman–Crippen LogP) is 2.36. The van der Waals surface area contributed by atoms with Crippen molar-refractivity contribution in [1.29, 1.82) is 0 Å². The molecule has 1 aromatic carbocycles. The van der Waals surface area contributed by atoms with Crippen LogP contribution in [0.5, 0.6) is 0 Å². The number of thioether (sulfide) groups is 1. The van der Waals surface area contributed by atoms with E-state index in [0.717, 1.165) is 44.0 Å². The van der Waals surface area contributed by atoms with Crippen molar-refractivity contribution in [2.24, 2.45) is 0 Å². The molecule has 1 fully saturated rings. The summed E-state index contributed by atoms with van der Waals surface area (Å²) in [5.41, 5.74) is 2.72. The van der Waals surface area contributed by atoms with Gasteiger partial charge >= 0.3 is 0 Å². The molecule has 0 bridgehead atoms. The number of fused-ring (bicyclic) bond motifs is 3. The van der Waals surface area contributed by atoms with E-state index in [9.17, 15) is 9.18 Å². The highest BCUT2D eigenvalue weighted by Gasteiger charge is 2.19. The third-order valence-corrected chi connectivity index (χ3v) is 5.91. The Kier molecular flexibility index (Phi) is 3.75. The number of benzene rings is 1. The van der Waals surface area contributed by atoms with Crippen molar-refractivity contribution in [2.45, 2.75) is 6.42 Å². The summed E-state index contributed by atoms with van der Waals surface area (Å²) in [4.78, 5) is 19.2. The Morgan fingerprint density at radius 1 is 1.19 bits per heavy atom. The monoisotopic (exact) mass is 371 g/mol. The normalized spacial score (nSPS) is 18.0. The van der Waals surface area contributed by atoms with Gasteiger partial charge < -0.3 is 10.2 Å². The molecule has 2 aromatic heterocycles. The second-order valence-electron chi connectivity index (χ2n) is 6.59. The molecule has 0 unspecified atom stereocenters. The molecule has 6 nitrogen and oxygen atoms in total. The summed E-state index contributed by atoms with van der Waals surface area (Å²) in [5.74, 6) is 0.691. The summed E-state index contributed by atoms with van der Waals surface area (Å²) in [6.45, 7) is 3.22. The van der Waals surface area contributed by atoms with Gasteiger partial charge in [-0.15, -0.1) is 11.8 Å². The van der Waals surface area contributed by atoms with Gasteiger partial charge in [-0.25, -0.2) is 9.07 Å². The molecular weight excluding hydrogens is 353 g/mol. The van der Waals surface area contributed by atoms with Gasteiger partial charge in [0.15, 0.2) is 0 Å². The average molecular weight is 371 g/mol. The van der Waals surface area contributed by atoms with Gasteiger partial charge in [-0.1, -0.05) is 0 Å². The minimum Gasteiger partial charge on any atom is -0.367 e. The summed E-state index contributed by atoms with van der Waals surface area (Å²) in [7, 11) is 0. The minimum absolute atomic E-state index is 0.130. The van der Waals surface area contributed by atoms with Crippen LogP contribution < -0.4 is 15.8 Å². The van der Waals surface area contributed by atoms with Crippen LogP contribution in [-0.4, -0.2) is 46.7 Å². The lowest BCUT2D eigenvalue weighted by Gasteiger charge is -2.29. The van der Waals surface area contributed by atoms with Crippen molar-refractivity contribution in [2.75, 3.05) is 36.8 Å². The van der Waals surface area contributed by atoms with E-state index in [1.165, 1.54) is 6.07 Å². The van der Waals surface area contributed by atoms with Gasteiger partial charge in [0.2, 0.25) is 0 Å². The van der Waals surface area contributed by atoms with Gasteiger partial charge in [-0.05, 0) is 24.0 Å². The molecule has 3 aromatic rings. The zero-order valence-electron chi connectivity index (χ0n) is 14.1. The molecule has 26 heavy (non-hydrogen) atoms. The van der Waals surface area contributed by atoms with Crippen molar-refractivity contribution in [3.8, 4) is 0 Å². The van der Waals surface area contributed by atoms with E-state index in [0.29, 0.717) is 27.5 Å².